The highest BCUT2D eigenvalue weighted by molar-refractivity contribution is 7.16. The van der Waals surface area contributed by atoms with E-state index in [0.717, 1.165) is 32.3 Å². The van der Waals surface area contributed by atoms with E-state index >= 15 is 0 Å². The van der Waals surface area contributed by atoms with E-state index in [-0.39, 0.29) is 12.3 Å². The molecular formula is C23H22N2O3S. The quantitative estimate of drug-likeness (QED) is 0.483. The van der Waals surface area contributed by atoms with Crippen molar-refractivity contribution in [1.29, 1.82) is 0 Å². The Kier molecular flexibility index (Phi) is 5.74. The largest absolute Gasteiger partial charge is 0.497 e. The molecule has 0 aliphatic rings. The van der Waals surface area contributed by atoms with Crippen LogP contribution >= 0.6 is 11.3 Å². The Morgan fingerprint density at radius 2 is 1.86 bits per heavy atom. The van der Waals surface area contributed by atoms with E-state index in [2.05, 4.69) is 23.2 Å². The maximum atomic E-state index is 12.7. The number of aromatic nitrogens is 1. The minimum absolute atomic E-state index is 0.162. The van der Waals surface area contributed by atoms with Crippen molar-refractivity contribution in [3.05, 3.63) is 71.0 Å². The van der Waals surface area contributed by atoms with Gasteiger partial charge in [-0.2, -0.15) is 4.99 Å². The average molecular weight is 407 g/mol. The molecule has 1 amide bonds. The highest BCUT2D eigenvalue weighted by Crippen LogP contribution is 2.23. The fourth-order valence-electron chi connectivity index (χ4n) is 3.33. The second-order valence-corrected chi connectivity index (χ2v) is 7.74. The molecule has 0 bridgehead atoms. The number of carbonyl (C=O) groups excluding carboxylic acids is 1. The maximum Gasteiger partial charge on any atom is 0.252 e. The minimum Gasteiger partial charge on any atom is -0.497 e. The van der Waals surface area contributed by atoms with Crippen LogP contribution in [0, 0.1) is 0 Å². The van der Waals surface area contributed by atoms with E-state index in [4.69, 9.17) is 9.47 Å². The summed E-state index contributed by atoms with van der Waals surface area (Å²) in [5, 5.41) is 2.29. The summed E-state index contributed by atoms with van der Waals surface area (Å²) < 4.78 is 13.6. The van der Waals surface area contributed by atoms with Gasteiger partial charge in [-0.25, -0.2) is 0 Å². The molecule has 1 heterocycles. The first-order valence-electron chi connectivity index (χ1n) is 9.39. The van der Waals surface area contributed by atoms with Gasteiger partial charge >= 0.3 is 0 Å². The molecule has 4 aromatic rings. The third kappa shape index (κ3) is 4.23. The van der Waals surface area contributed by atoms with E-state index < -0.39 is 0 Å². The number of fused-ring (bicyclic) bond motifs is 2. The molecule has 3 aromatic carbocycles. The number of amides is 1. The van der Waals surface area contributed by atoms with Crippen LogP contribution in [0.25, 0.3) is 21.0 Å². The van der Waals surface area contributed by atoms with Crippen molar-refractivity contribution < 1.29 is 14.3 Å². The zero-order valence-electron chi connectivity index (χ0n) is 16.4. The first-order chi connectivity index (χ1) is 14.2. The Morgan fingerprint density at radius 1 is 1.03 bits per heavy atom. The number of carbonyl (C=O) groups is 1. The summed E-state index contributed by atoms with van der Waals surface area (Å²) in [5.41, 5.74) is 1.98. The second-order valence-electron chi connectivity index (χ2n) is 6.73. The fourth-order valence-corrected chi connectivity index (χ4v) is 4.44. The van der Waals surface area contributed by atoms with Crippen molar-refractivity contribution in [2.24, 2.45) is 4.99 Å². The summed E-state index contributed by atoms with van der Waals surface area (Å²) in [6.45, 7) is 1.18. The number of ether oxygens (including phenoxy) is 2. The Morgan fingerprint density at radius 3 is 2.66 bits per heavy atom. The Bertz CT molecular complexity index is 1240. The number of thiazole rings is 1. The molecule has 0 atom stereocenters. The molecule has 5 nitrogen and oxygen atoms in total. The van der Waals surface area contributed by atoms with E-state index in [1.54, 1.807) is 14.2 Å². The van der Waals surface area contributed by atoms with Gasteiger partial charge < -0.3 is 14.0 Å². The maximum absolute atomic E-state index is 12.7. The molecule has 0 aliphatic heterocycles. The van der Waals surface area contributed by atoms with Crippen LogP contribution in [0.3, 0.4) is 0 Å². The van der Waals surface area contributed by atoms with E-state index in [0.29, 0.717) is 18.0 Å². The number of benzene rings is 3. The minimum atomic E-state index is -0.162. The Labute approximate surface area is 172 Å². The summed E-state index contributed by atoms with van der Waals surface area (Å²) in [6, 6.07) is 20.1. The molecule has 0 spiro atoms. The van der Waals surface area contributed by atoms with E-state index in [9.17, 15) is 4.79 Å². The normalized spacial score (nSPS) is 12.0. The topological polar surface area (TPSA) is 52.8 Å². The molecule has 148 valence electrons. The van der Waals surface area contributed by atoms with Crippen LogP contribution in [0.4, 0.5) is 0 Å². The van der Waals surface area contributed by atoms with Crippen molar-refractivity contribution in [3.63, 3.8) is 0 Å². The van der Waals surface area contributed by atoms with E-state index in [1.165, 1.54) is 11.3 Å². The SMILES string of the molecule is COCCn1c(=NC(=O)Cc2ccc3ccccc3c2)sc2cc(OC)ccc21. The summed E-state index contributed by atoms with van der Waals surface area (Å²) >= 11 is 1.49. The summed E-state index contributed by atoms with van der Waals surface area (Å²) in [6.07, 6.45) is 0.271. The smallest absolute Gasteiger partial charge is 0.252 e. The van der Waals surface area contributed by atoms with Gasteiger partial charge in [0.15, 0.2) is 4.80 Å². The number of rotatable bonds is 6. The van der Waals surface area contributed by atoms with Crippen LogP contribution in [0.5, 0.6) is 5.75 Å². The lowest BCUT2D eigenvalue weighted by Crippen LogP contribution is -2.19. The molecule has 0 aliphatic carbocycles. The highest BCUT2D eigenvalue weighted by Gasteiger charge is 2.10. The van der Waals surface area contributed by atoms with Gasteiger partial charge in [0.25, 0.3) is 5.91 Å². The zero-order valence-corrected chi connectivity index (χ0v) is 17.2. The highest BCUT2D eigenvalue weighted by atomic mass is 32.1. The van der Waals surface area contributed by atoms with Crippen LogP contribution in [-0.2, 0) is 22.5 Å². The van der Waals surface area contributed by atoms with Gasteiger partial charge in [0, 0.05) is 13.7 Å². The molecule has 29 heavy (non-hydrogen) atoms. The summed E-state index contributed by atoms with van der Waals surface area (Å²) in [5.74, 6) is 0.622. The van der Waals surface area contributed by atoms with Crippen molar-refractivity contribution in [2.45, 2.75) is 13.0 Å². The zero-order chi connectivity index (χ0) is 20.2. The predicted molar refractivity (Wildman–Crippen MR) is 116 cm³/mol. The first-order valence-corrected chi connectivity index (χ1v) is 10.2. The predicted octanol–water partition coefficient (Wildman–Crippen LogP) is 4.18. The van der Waals surface area contributed by atoms with Crippen molar-refractivity contribution >= 4 is 38.2 Å². The molecule has 6 heteroatoms. The van der Waals surface area contributed by atoms with Gasteiger partial charge in [-0.1, -0.05) is 53.8 Å². The molecule has 0 N–H and O–H groups in total. The summed E-state index contributed by atoms with van der Waals surface area (Å²) in [4.78, 5) is 17.8. The van der Waals surface area contributed by atoms with Crippen LogP contribution < -0.4 is 9.54 Å². The lowest BCUT2D eigenvalue weighted by Gasteiger charge is -2.05. The molecule has 0 fully saturated rings. The average Bonchev–Trinajstić information content (AvgIpc) is 3.07. The van der Waals surface area contributed by atoms with Gasteiger partial charge in [-0.05, 0) is 34.5 Å². The molecule has 1 aromatic heterocycles. The number of methoxy groups -OCH3 is 2. The standard InChI is InChI=1S/C23H22N2O3S/c1-27-12-11-25-20-10-9-19(28-2)15-21(20)29-23(25)24-22(26)14-16-7-8-17-5-3-4-6-18(17)13-16/h3-10,13,15H,11-12,14H2,1-2H3. The number of hydrogen-bond donors (Lipinski definition) is 0. The third-order valence-corrected chi connectivity index (χ3v) is 5.84. The monoisotopic (exact) mass is 406 g/mol. The van der Waals surface area contributed by atoms with Gasteiger partial charge in [-0.15, -0.1) is 0 Å². The van der Waals surface area contributed by atoms with Gasteiger partial charge in [0.2, 0.25) is 0 Å². The molecule has 0 radical (unpaired) electrons. The summed E-state index contributed by atoms with van der Waals surface area (Å²) in [7, 11) is 3.31. The van der Waals surface area contributed by atoms with Gasteiger partial charge in [0.1, 0.15) is 5.75 Å². The molecule has 0 saturated heterocycles. The van der Waals surface area contributed by atoms with Crippen LogP contribution in [-0.4, -0.2) is 31.3 Å². The molecular weight excluding hydrogens is 384 g/mol. The third-order valence-electron chi connectivity index (χ3n) is 4.80. The molecule has 0 unspecified atom stereocenters. The molecule has 4 rings (SSSR count). The van der Waals surface area contributed by atoms with Crippen LogP contribution in [0.1, 0.15) is 5.56 Å². The van der Waals surface area contributed by atoms with Crippen molar-refractivity contribution in [1.82, 2.24) is 4.57 Å². The number of nitrogens with zero attached hydrogens (tertiary/aromatic N) is 2. The first kappa shape index (κ1) is 19.4. The van der Waals surface area contributed by atoms with Crippen molar-refractivity contribution in [3.8, 4) is 5.75 Å². The van der Waals surface area contributed by atoms with Gasteiger partial charge in [-0.3, -0.25) is 4.79 Å². The molecule has 0 saturated carbocycles. The Hall–Kier alpha value is -2.96. The van der Waals surface area contributed by atoms with E-state index in [1.807, 2.05) is 47.0 Å². The lowest BCUT2D eigenvalue weighted by molar-refractivity contribution is -0.117. The van der Waals surface area contributed by atoms with Crippen LogP contribution in [0.15, 0.2) is 65.7 Å². The lowest BCUT2D eigenvalue weighted by atomic mass is 10.1. The van der Waals surface area contributed by atoms with Crippen LogP contribution in [0.2, 0.25) is 0 Å². The number of hydrogen-bond acceptors (Lipinski definition) is 4. The van der Waals surface area contributed by atoms with Crippen molar-refractivity contribution in [2.75, 3.05) is 20.8 Å². The van der Waals surface area contributed by atoms with Gasteiger partial charge in [0.05, 0.1) is 30.4 Å². The Balaban J connectivity index is 1.68. The fraction of sp³-hybridized carbons (Fsp3) is 0.217. The second kappa shape index (κ2) is 8.59.